The predicted molar refractivity (Wildman–Crippen MR) is 69.8 cm³/mol. The zero-order chi connectivity index (χ0) is 11.3. The Hall–Kier alpha value is -0.545. The van der Waals surface area contributed by atoms with Gasteiger partial charge >= 0.3 is 7.12 Å². The average molecular weight is 244 g/mol. The smallest absolute Gasteiger partial charge is 0.427 e. The second-order valence-corrected chi connectivity index (χ2v) is 4.03. The third kappa shape index (κ3) is 5.51. The van der Waals surface area contributed by atoms with Gasteiger partial charge in [-0.15, -0.1) is 12.4 Å². The number of rotatable bonds is 5. The van der Waals surface area contributed by atoms with E-state index in [1.165, 1.54) is 11.1 Å². The molecule has 0 heterocycles. The van der Waals surface area contributed by atoms with E-state index in [4.69, 9.17) is 10.0 Å². The molecule has 90 valence electrons. The highest BCUT2D eigenvalue weighted by Crippen LogP contribution is 2.13. The summed E-state index contributed by atoms with van der Waals surface area (Å²) in [6, 6.07) is 8.12. The molecule has 0 aliphatic rings. The van der Waals surface area contributed by atoms with Gasteiger partial charge in [0.05, 0.1) is 0 Å². The highest BCUT2D eigenvalue weighted by molar-refractivity contribution is 6.41. The minimum Gasteiger partial charge on any atom is -0.427 e. The molecule has 0 radical (unpaired) electrons. The quantitative estimate of drug-likeness (QED) is 0.764. The second kappa shape index (κ2) is 7.68. The van der Waals surface area contributed by atoms with Gasteiger partial charge < -0.3 is 14.9 Å². The van der Waals surface area contributed by atoms with Gasteiger partial charge in [-0.05, 0) is 38.0 Å². The van der Waals surface area contributed by atoms with E-state index < -0.39 is 7.12 Å². The summed E-state index contributed by atoms with van der Waals surface area (Å²) in [6.07, 6.45) is 1.10. The number of nitrogens with zero attached hydrogens (tertiary/aromatic N) is 1. The fourth-order valence-electron chi connectivity index (χ4n) is 1.58. The summed E-state index contributed by atoms with van der Waals surface area (Å²) in [7, 11) is 2.84. The largest absolute Gasteiger partial charge is 0.451 e. The van der Waals surface area contributed by atoms with E-state index in [-0.39, 0.29) is 12.4 Å². The molecule has 0 amide bonds. The molecule has 0 spiro atoms. The van der Waals surface area contributed by atoms with Crippen molar-refractivity contribution >= 4 is 19.5 Å². The van der Waals surface area contributed by atoms with Crippen molar-refractivity contribution in [1.82, 2.24) is 4.90 Å². The summed E-state index contributed by atoms with van der Waals surface area (Å²) in [6.45, 7) is 0.887. The lowest BCUT2D eigenvalue weighted by molar-refractivity contribution is 0.398. The van der Waals surface area contributed by atoms with Crippen LogP contribution in [-0.2, 0) is 13.0 Å². The molecule has 3 nitrogen and oxygen atoms in total. The molecule has 0 saturated heterocycles. The molecule has 1 aromatic rings. The van der Waals surface area contributed by atoms with E-state index >= 15 is 0 Å². The van der Waals surface area contributed by atoms with Crippen LogP contribution in [0.3, 0.4) is 0 Å². The minimum atomic E-state index is -1.21. The van der Waals surface area contributed by atoms with E-state index in [1.54, 1.807) is 0 Å². The van der Waals surface area contributed by atoms with E-state index in [0.29, 0.717) is 12.7 Å². The Kier molecular flexibility index (Phi) is 7.42. The van der Waals surface area contributed by atoms with Gasteiger partial charge in [0.1, 0.15) is 0 Å². The highest BCUT2D eigenvalue weighted by Gasteiger charge is 2.09. The van der Waals surface area contributed by atoms with Crippen LogP contribution in [0.5, 0.6) is 0 Å². The van der Waals surface area contributed by atoms with E-state index in [0.717, 1.165) is 6.54 Å². The zero-order valence-electron chi connectivity index (χ0n) is 9.76. The Morgan fingerprint density at radius 2 is 1.69 bits per heavy atom. The molecule has 0 atom stereocenters. The minimum absolute atomic E-state index is 0. The van der Waals surface area contributed by atoms with Crippen molar-refractivity contribution in [3.8, 4) is 0 Å². The molecule has 0 unspecified atom stereocenters. The number of hydrogen-bond acceptors (Lipinski definition) is 3. The van der Waals surface area contributed by atoms with Crippen molar-refractivity contribution in [2.24, 2.45) is 0 Å². The lowest BCUT2D eigenvalue weighted by Crippen LogP contribution is -2.14. The van der Waals surface area contributed by atoms with Crippen molar-refractivity contribution in [3.05, 3.63) is 35.4 Å². The van der Waals surface area contributed by atoms with Crippen LogP contribution in [0.2, 0.25) is 6.32 Å². The Bertz CT molecular complexity index is 308. The topological polar surface area (TPSA) is 43.7 Å². The summed E-state index contributed by atoms with van der Waals surface area (Å²) in [4.78, 5) is 2.11. The molecule has 1 aromatic carbocycles. The van der Waals surface area contributed by atoms with Crippen LogP contribution >= 0.6 is 12.4 Å². The van der Waals surface area contributed by atoms with Crippen LogP contribution in [0.25, 0.3) is 0 Å². The maximum absolute atomic E-state index is 8.83. The van der Waals surface area contributed by atoms with Crippen molar-refractivity contribution in [1.29, 1.82) is 0 Å². The lowest BCUT2D eigenvalue weighted by atomic mass is 9.82. The molecule has 0 fully saturated rings. The monoisotopic (exact) mass is 243 g/mol. The molecule has 0 aliphatic carbocycles. The third-order valence-corrected chi connectivity index (χ3v) is 2.28. The normalized spacial score (nSPS) is 10.1. The van der Waals surface area contributed by atoms with Gasteiger partial charge in [0.25, 0.3) is 0 Å². The highest BCUT2D eigenvalue weighted by atomic mass is 35.5. The summed E-state index contributed by atoms with van der Waals surface area (Å²) < 4.78 is 0. The lowest BCUT2D eigenvalue weighted by Gasteiger charge is -2.13. The molecule has 0 saturated carbocycles. The first-order valence-electron chi connectivity index (χ1n) is 5.17. The van der Waals surface area contributed by atoms with Crippen molar-refractivity contribution in [2.45, 2.75) is 19.3 Å². The molecule has 0 aromatic heterocycles. The van der Waals surface area contributed by atoms with Gasteiger partial charge in [-0.25, -0.2) is 0 Å². The Labute approximate surface area is 104 Å². The maximum Gasteiger partial charge on any atom is 0.451 e. The van der Waals surface area contributed by atoms with Gasteiger partial charge in [-0.2, -0.15) is 0 Å². The molecular weight excluding hydrogens is 224 g/mol. The van der Waals surface area contributed by atoms with Crippen LogP contribution < -0.4 is 0 Å². The Morgan fingerprint density at radius 3 is 2.19 bits per heavy atom. The molecule has 0 bridgehead atoms. The number of benzene rings is 1. The van der Waals surface area contributed by atoms with Gasteiger partial charge in [0, 0.05) is 6.54 Å². The first-order chi connectivity index (χ1) is 7.09. The van der Waals surface area contributed by atoms with Crippen molar-refractivity contribution in [2.75, 3.05) is 14.1 Å². The Morgan fingerprint density at radius 1 is 1.12 bits per heavy atom. The fraction of sp³-hybridized carbons (Fsp3) is 0.455. The Balaban J connectivity index is 0.00000225. The standard InChI is InChI=1S/C11H18BNO2.ClH/c1-13(2)9-11-6-4-3-5-10(11)7-8-12(14)15;/h3-6,14-15H,7-9H2,1-2H3;1H. The van der Waals surface area contributed by atoms with Crippen molar-refractivity contribution < 1.29 is 10.0 Å². The van der Waals surface area contributed by atoms with Crippen LogP contribution in [0.4, 0.5) is 0 Å². The molecule has 1 rings (SSSR count). The van der Waals surface area contributed by atoms with E-state index in [1.807, 2.05) is 32.3 Å². The summed E-state index contributed by atoms with van der Waals surface area (Å²) >= 11 is 0. The van der Waals surface area contributed by atoms with E-state index in [9.17, 15) is 0 Å². The molecule has 5 heteroatoms. The first kappa shape index (κ1) is 15.5. The molecule has 2 N–H and O–H groups in total. The molecule has 0 aliphatic heterocycles. The van der Waals surface area contributed by atoms with Crippen LogP contribution in [0.15, 0.2) is 24.3 Å². The summed E-state index contributed by atoms with van der Waals surface area (Å²) in [5.41, 5.74) is 2.45. The molecule has 16 heavy (non-hydrogen) atoms. The third-order valence-electron chi connectivity index (χ3n) is 2.28. The molecular formula is C11H19BClNO2. The predicted octanol–water partition coefficient (Wildman–Crippen LogP) is 1.19. The van der Waals surface area contributed by atoms with Gasteiger partial charge in [0.15, 0.2) is 0 Å². The number of halogens is 1. The van der Waals surface area contributed by atoms with Crippen LogP contribution in [0.1, 0.15) is 11.1 Å². The zero-order valence-corrected chi connectivity index (χ0v) is 10.6. The SMILES string of the molecule is CN(C)Cc1ccccc1CCB(O)O.Cl. The number of aryl methyl sites for hydroxylation is 1. The average Bonchev–Trinajstić information content (AvgIpc) is 2.15. The van der Waals surface area contributed by atoms with Crippen molar-refractivity contribution in [3.63, 3.8) is 0 Å². The van der Waals surface area contributed by atoms with Gasteiger partial charge in [-0.1, -0.05) is 24.3 Å². The maximum atomic E-state index is 8.83. The summed E-state index contributed by atoms with van der Waals surface area (Å²) in [5, 5.41) is 17.7. The van der Waals surface area contributed by atoms with Gasteiger partial charge in [-0.3, -0.25) is 0 Å². The van der Waals surface area contributed by atoms with Gasteiger partial charge in [0.2, 0.25) is 0 Å². The van der Waals surface area contributed by atoms with Crippen LogP contribution in [0, 0.1) is 0 Å². The first-order valence-corrected chi connectivity index (χ1v) is 5.17. The number of hydrogen-bond donors (Lipinski definition) is 2. The second-order valence-electron chi connectivity index (χ2n) is 4.03. The van der Waals surface area contributed by atoms with Crippen LogP contribution in [-0.4, -0.2) is 36.2 Å². The fourth-order valence-corrected chi connectivity index (χ4v) is 1.58. The summed E-state index contributed by atoms with van der Waals surface area (Å²) in [5.74, 6) is 0. The van der Waals surface area contributed by atoms with E-state index in [2.05, 4.69) is 11.0 Å².